The lowest BCUT2D eigenvalue weighted by Crippen LogP contribution is -2.56. The molecule has 0 amide bonds. The molecular formula is C19H30N2O3. The Morgan fingerprint density at radius 3 is 3.00 bits per heavy atom. The second kappa shape index (κ2) is 8.17. The highest BCUT2D eigenvalue weighted by atomic mass is 16.5. The molecule has 1 aromatic heterocycles. The Morgan fingerprint density at radius 1 is 1.38 bits per heavy atom. The molecule has 0 bridgehead atoms. The normalized spacial score (nSPS) is 30.8. The van der Waals surface area contributed by atoms with Gasteiger partial charge < -0.3 is 14.5 Å². The maximum atomic E-state index is 12.3. The van der Waals surface area contributed by atoms with Crippen LogP contribution in [0.15, 0.2) is 18.3 Å². The molecule has 24 heavy (non-hydrogen) atoms. The fourth-order valence-corrected chi connectivity index (χ4v) is 4.06. The van der Waals surface area contributed by atoms with Gasteiger partial charge in [0.2, 0.25) is 0 Å². The summed E-state index contributed by atoms with van der Waals surface area (Å²) >= 11 is 0. The summed E-state index contributed by atoms with van der Waals surface area (Å²) in [7, 11) is 0. The second-order valence-electron chi connectivity index (χ2n) is 7.24. The van der Waals surface area contributed by atoms with Gasteiger partial charge in [-0.1, -0.05) is 26.2 Å². The standard InChI is InChI=1S/C19H30N2O3/c1-3-4-5-7-15-11-17(24-19(22)18-8-6-9-20-18)12-16-10-14(2)23-13-21(15)16/h6,8-9,14-17,20H,3-5,7,10-13H2,1-2H3/t14-,15-,16-,17+/m0/s1. The van der Waals surface area contributed by atoms with Gasteiger partial charge in [-0.05, 0) is 31.9 Å². The zero-order valence-electron chi connectivity index (χ0n) is 14.9. The molecule has 5 nitrogen and oxygen atoms in total. The molecule has 0 radical (unpaired) electrons. The first-order chi connectivity index (χ1) is 11.7. The molecule has 2 fully saturated rings. The zero-order valence-corrected chi connectivity index (χ0v) is 14.9. The summed E-state index contributed by atoms with van der Waals surface area (Å²) in [4.78, 5) is 17.7. The van der Waals surface area contributed by atoms with E-state index in [-0.39, 0.29) is 12.1 Å². The van der Waals surface area contributed by atoms with Crippen LogP contribution in [0.1, 0.15) is 69.3 Å². The highest BCUT2D eigenvalue weighted by Gasteiger charge is 2.40. The van der Waals surface area contributed by atoms with Crippen molar-refractivity contribution in [3.8, 4) is 0 Å². The van der Waals surface area contributed by atoms with Gasteiger partial charge in [-0.2, -0.15) is 0 Å². The third-order valence-corrected chi connectivity index (χ3v) is 5.35. The van der Waals surface area contributed by atoms with Crippen LogP contribution in [0.25, 0.3) is 0 Å². The first kappa shape index (κ1) is 17.5. The van der Waals surface area contributed by atoms with Gasteiger partial charge in [0.1, 0.15) is 11.8 Å². The van der Waals surface area contributed by atoms with E-state index >= 15 is 0 Å². The van der Waals surface area contributed by atoms with Crippen LogP contribution in [0, 0.1) is 0 Å². The highest BCUT2D eigenvalue weighted by molar-refractivity contribution is 5.87. The molecule has 1 N–H and O–H groups in total. The molecule has 2 aliphatic heterocycles. The number of fused-ring (bicyclic) bond motifs is 1. The molecule has 1 aromatic rings. The largest absolute Gasteiger partial charge is 0.458 e. The molecule has 0 unspecified atom stereocenters. The number of unbranched alkanes of at least 4 members (excludes halogenated alkanes) is 2. The summed E-state index contributed by atoms with van der Waals surface area (Å²) in [6, 6.07) is 4.53. The number of esters is 1. The Kier molecular flexibility index (Phi) is 5.95. The van der Waals surface area contributed by atoms with E-state index in [1.54, 1.807) is 12.3 Å². The van der Waals surface area contributed by atoms with Crippen molar-refractivity contribution in [3.63, 3.8) is 0 Å². The summed E-state index contributed by atoms with van der Waals surface area (Å²) in [6.45, 7) is 5.09. The van der Waals surface area contributed by atoms with Gasteiger partial charge in [-0.25, -0.2) is 4.79 Å². The number of piperidine rings is 1. The van der Waals surface area contributed by atoms with Crippen LogP contribution in [0.2, 0.25) is 0 Å². The molecule has 0 aliphatic carbocycles. The number of ether oxygens (including phenoxy) is 2. The van der Waals surface area contributed by atoms with E-state index in [9.17, 15) is 4.79 Å². The summed E-state index contributed by atoms with van der Waals surface area (Å²) in [6.07, 6.45) is 9.83. The fourth-order valence-electron chi connectivity index (χ4n) is 4.06. The van der Waals surface area contributed by atoms with Crippen molar-refractivity contribution >= 4 is 5.97 Å². The van der Waals surface area contributed by atoms with Gasteiger partial charge in [0, 0.05) is 31.1 Å². The lowest BCUT2D eigenvalue weighted by Gasteiger charge is -2.48. The topological polar surface area (TPSA) is 54.6 Å². The van der Waals surface area contributed by atoms with Gasteiger partial charge in [0.05, 0.1) is 12.8 Å². The molecule has 0 saturated carbocycles. The second-order valence-corrected chi connectivity index (χ2v) is 7.24. The number of rotatable bonds is 6. The number of hydrogen-bond donors (Lipinski definition) is 1. The highest BCUT2D eigenvalue weighted by Crippen LogP contribution is 2.34. The van der Waals surface area contributed by atoms with Crippen LogP contribution in [0.3, 0.4) is 0 Å². The van der Waals surface area contributed by atoms with Gasteiger partial charge >= 0.3 is 5.97 Å². The number of aromatic nitrogens is 1. The average Bonchev–Trinajstić information content (AvgIpc) is 3.09. The van der Waals surface area contributed by atoms with Crippen LogP contribution in [0.4, 0.5) is 0 Å². The van der Waals surface area contributed by atoms with Gasteiger partial charge in [0.15, 0.2) is 0 Å². The number of nitrogens with zero attached hydrogens (tertiary/aromatic N) is 1. The minimum Gasteiger partial charge on any atom is -0.458 e. The monoisotopic (exact) mass is 334 g/mol. The smallest absolute Gasteiger partial charge is 0.355 e. The Hall–Kier alpha value is -1.33. The number of aromatic amines is 1. The zero-order chi connectivity index (χ0) is 16.9. The molecule has 134 valence electrons. The Morgan fingerprint density at radius 2 is 2.25 bits per heavy atom. The van der Waals surface area contributed by atoms with Crippen LogP contribution < -0.4 is 0 Å². The van der Waals surface area contributed by atoms with E-state index in [2.05, 4.69) is 23.7 Å². The molecule has 0 aromatic carbocycles. The minimum absolute atomic E-state index is 0.0129. The molecule has 2 saturated heterocycles. The van der Waals surface area contributed by atoms with Crippen molar-refractivity contribution in [1.29, 1.82) is 0 Å². The molecule has 5 heteroatoms. The Bertz CT molecular complexity index is 517. The van der Waals surface area contributed by atoms with Gasteiger partial charge in [0.25, 0.3) is 0 Å². The third kappa shape index (κ3) is 4.19. The maximum Gasteiger partial charge on any atom is 0.355 e. The van der Waals surface area contributed by atoms with Crippen LogP contribution >= 0.6 is 0 Å². The summed E-state index contributed by atoms with van der Waals surface area (Å²) in [5.74, 6) is -0.231. The number of carbonyl (C=O) groups is 1. The van der Waals surface area contributed by atoms with E-state index in [0.29, 0.717) is 23.9 Å². The van der Waals surface area contributed by atoms with E-state index in [1.807, 2.05) is 6.07 Å². The van der Waals surface area contributed by atoms with Crippen molar-refractivity contribution in [2.75, 3.05) is 6.73 Å². The van der Waals surface area contributed by atoms with E-state index in [4.69, 9.17) is 9.47 Å². The van der Waals surface area contributed by atoms with E-state index in [1.165, 1.54) is 25.7 Å². The van der Waals surface area contributed by atoms with E-state index < -0.39 is 0 Å². The molecular weight excluding hydrogens is 304 g/mol. The maximum absolute atomic E-state index is 12.3. The predicted molar refractivity (Wildman–Crippen MR) is 92.8 cm³/mol. The minimum atomic E-state index is -0.231. The third-order valence-electron chi connectivity index (χ3n) is 5.35. The molecule has 4 atom stereocenters. The van der Waals surface area contributed by atoms with Crippen LogP contribution in [0.5, 0.6) is 0 Å². The first-order valence-corrected chi connectivity index (χ1v) is 9.39. The Balaban J connectivity index is 1.63. The molecule has 3 heterocycles. The van der Waals surface area contributed by atoms with Crippen molar-refractivity contribution in [1.82, 2.24) is 9.88 Å². The van der Waals surface area contributed by atoms with Gasteiger partial charge in [-0.3, -0.25) is 4.90 Å². The van der Waals surface area contributed by atoms with Crippen LogP contribution in [-0.4, -0.2) is 46.9 Å². The van der Waals surface area contributed by atoms with Crippen LogP contribution in [-0.2, 0) is 9.47 Å². The average molecular weight is 334 g/mol. The SMILES string of the molecule is CCCCC[C@H]1C[C@@H](OC(=O)c2ccc[nH]2)C[C@@H]2C[C@H](C)OCN21. The molecule has 3 rings (SSSR count). The van der Waals surface area contributed by atoms with Crippen molar-refractivity contribution in [3.05, 3.63) is 24.0 Å². The van der Waals surface area contributed by atoms with Crippen molar-refractivity contribution in [2.24, 2.45) is 0 Å². The lowest BCUT2D eigenvalue weighted by molar-refractivity contribution is -0.140. The summed E-state index contributed by atoms with van der Waals surface area (Å²) in [5, 5.41) is 0. The Labute approximate surface area is 144 Å². The fraction of sp³-hybridized carbons (Fsp3) is 0.737. The van der Waals surface area contributed by atoms with Crippen molar-refractivity contribution in [2.45, 2.75) is 83.1 Å². The molecule has 0 spiro atoms. The van der Waals surface area contributed by atoms with Crippen molar-refractivity contribution < 1.29 is 14.3 Å². The summed E-state index contributed by atoms with van der Waals surface area (Å²) < 4.78 is 11.7. The lowest BCUT2D eigenvalue weighted by atomic mass is 9.87. The van der Waals surface area contributed by atoms with E-state index in [0.717, 1.165) is 26.0 Å². The number of carbonyl (C=O) groups excluding carboxylic acids is 1. The molecule has 2 aliphatic rings. The number of hydrogen-bond acceptors (Lipinski definition) is 4. The quantitative estimate of drug-likeness (QED) is 0.636. The predicted octanol–water partition coefficient (Wildman–Crippen LogP) is 3.72. The summed E-state index contributed by atoms with van der Waals surface area (Å²) in [5.41, 5.74) is 0.542. The number of H-pyrrole nitrogens is 1. The van der Waals surface area contributed by atoms with Gasteiger partial charge in [-0.15, -0.1) is 0 Å². The number of nitrogens with one attached hydrogen (secondary N) is 1. The first-order valence-electron chi connectivity index (χ1n) is 9.39.